The van der Waals surface area contributed by atoms with Gasteiger partial charge in [-0.25, -0.2) is 0 Å². The second-order valence-electron chi connectivity index (χ2n) is 6.86. The molecule has 0 amide bonds. The van der Waals surface area contributed by atoms with Gasteiger partial charge in [0.05, 0.1) is 0 Å². The van der Waals surface area contributed by atoms with Crippen LogP contribution in [0, 0.1) is 12.8 Å². The fourth-order valence-corrected chi connectivity index (χ4v) is 3.88. The molecule has 6 nitrogen and oxygen atoms in total. The summed E-state index contributed by atoms with van der Waals surface area (Å²) in [7, 11) is 2.23. The highest BCUT2D eigenvalue weighted by molar-refractivity contribution is 5.43. The quantitative estimate of drug-likeness (QED) is 0.794. The Morgan fingerprint density at radius 1 is 1.12 bits per heavy atom. The summed E-state index contributed by atoms with van der Waals surface area (Å²) < 4.78 is 1.78. The summed E-state index contributed by atoms with van der Waals surface area (Å²) in [6, 6.07) is 15.2. The molecule has 3 heterocycles. The molecule has 2 atom stereocenters. The lowest BCUT2D eigenvalue weighted by Gasteiger charge is -2.39. The van der Waals surface area contributed by atoms with Crippen molar-refractivity contribution in [2.75, 3.05) is 25.5 Å². The summed E-state index contributed by atoms with van der Waals surface area (Å²) in [5.41, 5.74) is 2.18. The molecule has 4 rings (SSSR count). The first-order valence-corrected chi connectivity index (χ1v) is 8.90. The van der Waals surface area contributed by atoms with E-state index in [4.69, 9.17) is 0 Å². The summed E-state index contributed by atoms with van der Waals surface area (Å²) in [6.45, 7) is 3.97. The van der Waals surface area contributed by atoms with Gasteiger partial charge in [0.1, 0.15) is 5.82 Å². The molecule has 1 N–H and O–H groups in total. The monoisotopic (exact) mass is 336 g/mol. The molecule has 2 aromatic heterocycles. The number of hydrogen-bond acceptors (Lipinski definition) is 5. The number of aromatic nitrogens is 4. The number of nitrogens with zero attached hydrogens (tertiary/aromatic N) is 5. The lowest BCUT2D eigenvalue weighted by molar-refractivity contribution is 0.128. The van der Waals surface area contributed by atoms with E-state index in [0.29, 0.717) is 12.0 Å². The Labute approximate surface area is 147 Å². The van der Waals surface area contributed by atoms with Gasteiger partial charge in [-0.1, -0.05) is 30.3 Å². The largest absolute Gasteiger partial charge is 0.368 e. The van der Waals surface area contributed by atoms with Gasteiger partial charge < -0.3 is 5.32 Å². The first kappa shape index (κ1) is 16.0. The lowest BCUT2D eigenvalue weighted by atomic mass is 9.85. The van der Waals surface area contributed by atoms with Crippen LogP contribution in [0.3, 0.4) is 0 Å². The minimum absolute atomic E-state index is 0.447. The van der Waals surface area contributed by atoms with Gasteiger partial charge in [-0.15, -0.1) is 15.3 Å². The Kier molecular flexibility index (Phi) is 4.36. The maximum atomic E-state index is 4.60. The van der Waals surface area contributed by atoms with Crippen LogP contribution in [0.25, 0.3) is 5.65 Å². The number of piperidine rings is 1. The van der Waals surface area contributed by atoms with Crippen LogP contribution >= 0.6 is 0 Å². The second kappa shape index (κ2) is 6.80. The molecule has 25 heavy (non-hydrogen) atoms. The minimum atomic E-state index is 0.447. The van der Waals surface area contributed by atoms with Gasteiger partial charge in [-0.05, 0) is 57.0 Å². The van der Waals surface area contributed by atoms with E-state index < -0.39 is 0 Å². The van der Waals surface area contributed by atoms with Gasteiger partial charge in [-0.2, -0.15) is 4.52 Å². The molecule has 3 aromatic rings. The third-order valence-corrected chi connectivity index (χ3v) is 5.11. The molecule has 1 fully saturated rings. The van der Waals surface area contributed by atoms with Gasteiger partial charge >= 0.3 is 0 Å². The van der Waals surface area contributed by atoms with Crippen LogP contribution in [0.1, 0.15) is 30.3 Å². The van der Waals surface area contributed by atoms with Crippen LogP contribution in [0.5, 0.6) is 0 Å². The van der Waals surface area contributed by atoms with Gasteiger partial charge in [0.25, 0.3) is 0 Å². The van der Waals surface area contributed by atoms with Crippen LogP contribution in [-0.2, 0) is 0 Å². The molecule has 0 radical (unpaired) electrons. The molecular weight excluding hydrogens is 312 g/mol. The van der Waals surface area contributed by atoms with E-state index in [9.17, 15) is 0 Å². The molecule has 1 aliphatic heterocycles. The molecule has 0 unspecified atom stereocenters. The molecular formula is C19H24N6. The van der Waals surface area contributed by atoms with E-state index in [2.05, 4.69) is 62.9 Å². The van der Waals surface area contributed by atoms with E-state index >= 15 is 0 Å². The van der Waals surface area contributed by atoms with Crippen molar-refractivity contribution >= 4 is 11.5 Å². The highest BCUT2D eigenvalue weighted by Crippen LogP contribution is 2.34. The average molecular weight is 336 g/mol. The SMILES string of the molecule is Cc1nnc2ccc(NC[C@@H]3CCCN(C)[C@H]3c3ccccc3)nn12. The molecule has 0 aliphatic carbocycles. The van der Waals surface area contributed by atoms with Crippen molar-refractivity contribution in [3.63, 3.8) is 0 Å². The summed E-state index contributed by atoms with van der Waals surface area (Å²) in [6.07, 6.45) is 2.47. The maximum Gasteiger partial charge on any atom is 0.178 e. The number of hydrogen-bond donors (Lipinski definition) is 1. The molecule has 130 valence electrons. The first-order valence-electron chi connectivity index (χ1n) is 8.90. The number of nitrogens with one attached hydrogen (secondary N) is 1. The van der Waals surface area contributed by atoms with Gasteiger partial charge in [0.15, 0.2) is 11.5 Å². The van der Waals surface area contributed by atoms with Crippen molar-refractivity contribution in [1.82, 2.24) is 24.7 Å². The molecule has 1 saturated heterocycles. The Morgan fingerprint density at radius 2 is 1.96 bits per heavy atom. The van der Waals surface area contributed by atoms with Crippen molar-refractivity contribution in [3.05, 3.63) is 53.9 Å². The zero-order valence-corrected chi connectivity index (χ0v) is 14.8. The summed E-state index contributed by atoms with van der Waals surface area (Å²) >= 11 is 0. The normalized spacial score (nSPS) is 21.5. The smallest absolute Gasteiger partial charge is 0.178 e. The first-order chi connectivity index (χ1) is 12.2. The van der Waals surface area contributed by atoms with Crippen molar-refractivity contribution in [1.29, 1.82) is 0 Å². The van der Waals surface area contributed by atoms with E-state index in [1.807, 2.05) is 19.1 Å². The molecule has 0 bridgehead atoms. The Morgan fingerprint density at radius 3 is 2.80 bits per heavy atom. The van der Waals surface area contributed by atoms with Crippen molar-refractivity contribution < 1.29 is 0 Å². The van der Waals surface area contributed by atoms with Gasteiger partial charge in [0.2, 0.25) is 0 Å². The second-order valence-corrected chi connectivity index (χ2v) is 6.86. The summed E-state index contributed by atoms with van der Waals surface area (Å²) in [4.78, 5) is 2.48. The fraction of sp³-hybridized carbons (Fsp3) is 0.421. The van der Waals surface area contributed by atoms with Gasteiger partial charge in [-0.3, -0.25) is 4.90 Å². The standard InChI is InChI=1S/C19H24N6/c1-14-21-22-18-11-10-17(23-25(14)18)20-13-16-9-6-12-24(2)19(16)15-7-4-3-5-8-15/h3-5,7-8,10-11,16,19H,6,9,12-13H2,1-2H3,(H,20,23)/t16-,19-/m0/s1. The van der Waals surface area contributed by atoms with Crippen molar-refractivity contribution in [2.45, 2.75) is 25.8 Å². The van der Waals surface area contributed by atoms with E-state index in [1.165, 1.54) is 18.4 Å². The third-order valence-electron chi connectivity index (χ3n) is 5.11. The molecule has 0 saturated carbocycles. The molecule has 0 spiro atoms. The number of anilines is 1. The van der Waals surface area contributed by atoms with E-state index in [-0.39, 0.29) is 0 Å². The van der Waals surface area contributed by atoms with E-state index in [1.54, 1.807) is 4.52 Å². The number of fused-ring (bicyclic) bond motifs is 1. The Balaban J connectivity index is 1.52. The van der Waals surface area contributed by atoms with Crippen LogP contribution in [0.4, 0.5) is 5.82 Å². The average Bonchev–Trinajstić information content (AvgIpc) is 3.01. The predicted molar refractivity (Wildman–Crippen MR) is 98.5 cm³/mol. The number of aryl methyl sites for hydroxylation is 1. The maximum absolute atomic E-state index is 4.60. The van der Waals surface area contributed by atoms with Crippen LogP contribution in [0.2, 0.25) is 0 Å². The minimum Gasteiger partial charge on any atom is -0.368 e. The molecule has 1 aromatic carbocycles. The van der Waals surface area contributed by atoms with E-state index in [0.717, 1.165) is 30.4 Å². The Hall–Kier alpha value is -2.47. The molecule has 6 heteroatoms. The van der Waals surface area contributed by atoms with Crippen molar-refractivity contribution in [2.24, 2.45) is 5.92 Å². The van der Waals surface area contributed by atoms with Gasteiger partial charge in [0, 0.05) is 12.6 Å². The highest BCUT2D eigenvalue weighted by atomic mass is 15.4. The summed E-state index contributed by atoms with van der Waals surface area (Å²) in [5.74, 6) is 2.23. The van der Waals surface area contributed by atoms with Crippen molar-refractivity contribution in [3.8, 4) is 0 Å². The predicted octanol–water partition coefficient (Wildman–Crippen LogP) is 2.93. The Bertz CT molecular complexity index is 844. The number of rotatable bonds is 4. The lowest BCUT2D eigenvalue weighted by Crippen LogP contribution is -2.39. The number of benzene rings is 1. The molecule has 1 aliphatic rings. The fourth-order valence-electron chi connectivity index (χ4n) is 3.88. The van der Waals surface area contributed by atoms with Crippen LogP contribution < -0.4 is 5.32 Å². The van der Waals surface area contributed by atoms with Crippen LogP contribution in [-0.4, -0.2) is 44.8 Å². The highest BCUT2D eigenvalue weighted by Gasteiger charge is 2.30. The third kappa shape index (κ3) is 3.22. The number of likely N-dealkylation sites (tertiary alicyclic amines) is 1. The summed E-state index contributed by atoms with van der Waals surface area (Å²) in [5, 5.41) is 16.3. The topological polar surface area (TPSA) is 58.4 Å². The zero-order chi connectivity index (χ0) is 17.2. The van der Waals surface area contributed by atoms with Crippen LogP contribution in [0.15, 0.2) is 42.5 Å². The zero-order valence-electron chi connectivity index (χ0n) is 14.8.